The molecule has 124 valence electrons. The second-order valence-electron chi connectivity index (χ2n) is 6.27. The lowest BCUT2D eigenvalue weighted by Crippen LogP contribution is -2.05. The first-order valence-corrected chi connectivity index (χ1v) is 8.64. The zero-order valence-corrected chi connectivity index (χ0v) is 14.3. The van der Waals surface area contributed by atoms with Crippen molar-refractivity contribution in [2.24, 2.45) is 0 Å². The maximum Gasteiger partial charge on any atom is 0.129 e. The van der Waals surface area contributed by atoms with Gasteiger partial charge >= 0.3 is 0 Å². The molecule has 4 aromatic rings. The predicted octanol–water partition coefficient (Wildman–Crippen LogP) is 5.83. The smallest absolute Gasteiger partial charge is 0.129 e. The van der Waals surface area contributed by atoms with Crippen molar-refractivity contribution in [3.8, 4) is 5.75 Å². The van der Waals surface area contributed by atoms with Gasteiger partial charge in [-0.2, -0.15) is 0 Å². The quantitative estimate of drug-likeness (QED) is 0.450. The van der Waals surface area contributed by atoms with Crippen molar-refractivity contribution in [3.05, 3.63) is 102 Å². The molecule has 0 aliphatic carbocycles. The number of nitrogens with zero attached hydrogens (tertiary/aromatic N) is 1. The Hall–Kier alpha value is -3.00. The van der Waals surface area contributed by atoms with Gasteiger partial charge < -0.3 is 9.30 Å². The molecule has 2 nitrogen and oxygen atoms in total. The van der Waals surface area contributed by atoms with Crippen molar-refractivity contribution < 1.29 is 4.74 Å². The second kappa shape index (κ2) is 6.86. The molecule has 1 atom stereocenters. The molecule has 0 aliphatic heterocycles. The molecule has 2 heteroatoms. The minimum absolute atomic E-state index is 0.281. The third-order valence-electron chi connectivity index (χ3n) is 4.66. The van der Waals surface area contributed by atoms with Gasteiger partial charge in [0.05, 0.1) is 11.6 Å². The highest BCUT2D eigenvalue weighted by atomic mass is 16.5. The monoisotopic (exact) mass is 327 g/mol. The molecule has 1 aromatic heterocycles. The fourth-order valence-electron chi connectivity index (χ4n) is 3.25. The lowest BCUT2D eigenvalue weighted by molar-refractivity contribution is 0.310. The Morgan fingerprint density at radius 3 is 2.28 bits per heavy atom. The number of hydrogen-bond donors (Lipinski definition) is 0. The number of aromatic nitrogens is 1. The molecule has 0 amide bonds. The van der Waals surface area contributed by atoms with Crippen LogP contribution in [0.15, 0.2) is 91.1 Å². The Labute approximate surface area is 148 Å². The van der Waals surface area contributed by atoms with E-state index in [0.717, 1.165) is 11.1 Å². The van der Waals surface area contributed by atoms with Crippen LogP contribution in [0.2, 0.25) is 0 Å². The molecule has 0 saturated heterocycles. The Morgan fingerprint density at radius 2 is 1.52 bits per heavy atom. The molecule has 1 heterocycles. The Balaban J connectivity index is 1.64. The van der Waals surface area contributed by atoms with Gasteiger partial charge in [0, 0.05) is 11.6 Å². The highest BCUT2D eigenvalue weighted by molar-refractivity contribution is 5.86. The summed E-state index contributed by atoms with van der Waals surface area (Å²) in [7, 11) is 0. The number of rotatable bonds is 5. The second-order valence-corrected chi connectivity index (χ2v) is 6.27. The Kier molecular flexibility index (Phi) is 4.26. The molecule has 4 rings (SSSR count). The van der Waals surface area contributed by atoms with Crippen molar-refractivity contribution in [1.29, 1.82) is 0 Å². The Morgan fingerprint density at radius 1 is 0.800 bits per heavy atom. The molecule has 0 aliphatic rings. The van der Waals surface area contributed by atoms with Crippen LogP contribution in [-0.2, 0) is 6.61 Å². The largest absolute Gasteiger partial charge is 0.488 e. The van der Waals surface area contributed by atoms with Gasteiger partial charge in [-0.05, 0) is 36.2 Å². The van der Waals surface area contributed by atoms with Crippen molar-refractivity contribution in [1.82, 2.24) is 4.57 Å². The van der Waals surface area contributed by atoms with E-state index in [1.165, 1.54) is 16.6 Å². The van der Waals surface area contributed by atoms with E-state index in [1.54, 1.807) is 0 Å². The highest BCUT2D eigenvalue weighted by Gasteiger charge is 2.12. The molecule has 0 radical (unpaired) electrons. The van der Waals surface area contributed by atoms with Gasteiger partial charge in [0.1, 0.15) is 12.4 Å². The van der Waals surface area contributed by atoms with Gasteiger partial charge in [0.2, 0.25) is 0 Å². The van der Waals surface area contributed by atoms with Gasteiger partial charge in [0.15, 0.2) is 0 Å². The summed E-state index contributed by atoms with van der Waals surface area (Å²) in [5, 5.41) is 1.15. The molecule has 0 N–H and O–H groups in total. The van der Waals surface area contributed by atoms with Crippen LogP contribution >= 0.6 is 0 Å². The van der Waals surface area contributed by atoms with Crippen LogP contribution in [-0.4, -0.2) is 4.57 Å². The van der Waals surface area contributed by atoms with Crippen LogP contribution in [0.25, 0.3) is 10.9 Å². The third kappa shape index (κ3) is 3.16. The summed E-state index contributed by atoms with van der Waals surface area (Å²) >= 11 is 0. The summed E-state index contributed by atoms with van der Waals surface area (Å²) in [5.74, 6) is 0.931. The summed E-state index contributed by atoms with van der Waals surface area (Å²) in [6.07, 6.45) is 2.15. The molecule has 25 heavy (non-hydrogen) atoms. The van der Waals surface area contributed by atoms with Gasteiger partial charge in [-0.3, -0.25) is 0 Å². The van der Waals surface area contributed by atoms with Crippen molar-refractivity contribution in [3.63, 3.8) is 0 Å². The van der Waals surface area contributed by atoms with Crippen LogP contribution in [0.3, 0.4) is 0 Å². The molecule has 3 aromatic carbocycles. The molecule has 0 saturated carbocycles. The van der Waals surface area contributed by atoms with E-state index in [9.17, 15) is 0 Å². The highest BCUT2D eigenvalue weighted by Crippen LogP contribution is 2.31. The Bertz CT molecular complexity index is 957. The molecule has 1 unspecified atom stereocenters. The van der Waals surface area contributed by atoms with Crippen molar-refractivity contribution in [2.45, 2.75) is 19.6 Å². The van der Waals surface area contributed by atoms with E-state index >= 15 is 0 Å². The fraction of sp³-hybridized carbons (Fsp3) is 0.130. The zero-order valence-electron chi connectivity index (χ0n) is 14.3. The van der Waals surface area contributed by atoms with E-state index in [0.29, 0.717) is 6.61 Å². The average molecular weight is 327 g/mol. The van der Waals surface area contributed by atoms with Crippen LogP contribution in [0.4, 0.5) is 0 Å². The predicted molar refractivity (Wildman–Crippen MR) is 103 cm³/mol. The zero-order chi connectivity index (χ0) is 17.1. The molecule has 0 spiro atoms. The molecule has 0 fully saturated rings. The van der Waals surface area contributed by atoms with Crippen LogP contribution in [0.1, 0.15) is 24.1 Å². The SMILES string of the molecule is CC(c1ccccc1)n1ccc2c(OCc3ccccc3)cccc21. The van der Waals surface area contributed by atoms with E-state index in [1.807, 2.05) is 24.3 Å². The van der Waals surface area contributed by atoms with Crippen LogP contribution in [0, 0.1) is 0 Å². The summed E-state index contributed by atoms with van der Waals surface area (Å²) in [4.78, 5) is 0. The molecular formula is C23H21NO. The topological polar surface area (TPSA) is 14.2 Å². The minimum Gasteiger partial charge on any atom is -0.488 e. The number of benzene rings is 3. The summed E-state index contributed by atoms with van der Waals surface area (Å²) < 4.78 is 8.40. The van der Waals surface area contributed by atoms with E-state index in [-0.39, 0.29) is 6.04 Å². The van der Waals surface area contributed by atoms with Gasteiger partial charge in [-0.15, -0.1) is 0 Å². The minimum atomic E-state index is 0.281. The number of fused-ring (bicyclic) bond motifs is 1. The maximum atomic E-state index is 6.09. The maximum absolute atomic E-state index is 6.09. The number of hydrogen-bond acceptors (Lipinski definition) is 1. The van der Waals surface area contributed by atoms with Gasteiger partial charge in [0.25, 0.3) is 0 Å². The lowest BCUT2D eigenvalue weighted by Gasteiger charge is -2.16. The third-order valence-corrected chi connectivity index (χ3v) is 4.66. The summed E-state index contributed by atoms with van der Waals surface area (Å²) in [5.41, 5.74) is 3.68. The van der Waals surface area contributed by atoms with E-state index in [4.69, 9.17) is 4.74 Å². The average Bonchev–Trinajstić information content (AvgIpc) is 3.12. The first kappa shape index (κ1) is 15.5. The summed E-state index contributed by atoms with van der Waals surface area (Å²) in [6, 6.07) is 29.5. The van der Waals surface area contributed by atoms with Crippen molar-refractivity contribution in [2.75, 3.05) is 0 Å². The van der Waals surface area contributed by atoms with Crippen molar-refractivity contribution >= 4 is 10.9 Å². The standard InChI is InChI=1S/C23H21NO/c1-18(20-11-6-3-7-12-20)24-16-15-21-22(24)13-8-14-23(21)25-17-19-9-4-2-5-10-19/h2-16,18H,17H2,1H3. The van der Waals surface area contributed by atoms with Gasteiger partial charge in [-0.1, -0.05) is 66.7 Å². The first-order chi connectivity index (χ1) is 12.3. The summed E-state index contributed by atoms with van der Waals surface area (Å²) in [6.45, 7) is 2.81. The van der Waals surface area contributed by atoms with Crippen LogP contribution < -0.4 is 4.74 Å². The lowest BCUT2D eigenvalue weighted by atomic mass is 10.1. The molecule has 0 bridgehead atoms. The fourth-order valence-corrected chi connectivity index (χ4v) is 3.25. The normalized spacial score (nSPS) is 12.2. The van der Waals surface area contributed by atoms with Gasteiger partial charge in [-0.25, -0.2) is 0 Å². The van der Waals surface area contributed by atoms with E-state index < -0.39 is 0 Å². The van der Waals surface area contributed by atoms with Crippen LogP contribution in [0.5, 0.6) is 5.75 Å². The first-order valence-electron chi connectivity index (χ1n) is 8.64. The van der Waals surface area contributed by atoms with E-state index in [2.05, 4.69) is 78.4 Å². The molecular weight excluding hydrogens is 306 g/mol. The number of ether oxygens (including phenoxy) is 1.